The van der Waals surface area contributed by atoms with Crippen molar-refractivity contribution in [2.24, 2.45) is 0 Å². The topological polar surface area (TPSA) is 122 Å². The van der Waals surface area contributed by atoms with E-state index in [1.165, 1.54) is 0 Å². The highest BCUT2D eigenvalue weighted by Gasteiger charge is 2.54. The van der Waals surface area contributed by atoms with Gasteiger partial charge in [0.2, 0.25) is 5.91 Å². The van der Waals surface area contributed by atoms with E-state index in [-0.39, 0.29) is 0 Å². The van der Waals surface area contributed by atoms with E-state index in [9.17, 15) is 28.9 Å². The summed E-state index contributed by atoms with van der Waals surface area (Å²) in [6.07, 6.45) is 0. The van der Waals surface area contributed by atoms with Gasteiger partial charge in [0.05, 0.1) is 10.6 Å². The fourth-order valence-electron chi connectivity index (χ4n) is 4.00. The first-order valence-electron chi connectivity index (χ1n) is 10.6. The number of carbonyl (C=O) groups excluding carboxylic acids is 3. The monoisotopic (exact) mass is 476 g/mol. The van der Waals surface area contributed by atoms with Crippen molar-refractivity contribution in [1.82, 2.24) is 10.2 Å². The van der Waals surface area contributed by atoms with Gasteiger partial charge in [0, 0.05) is 12.1 Å². The molecule has 178 valence electrons. The van der Waals surface area contributed by atoms with Gasteiger partial charge in [0.1, 0.15) is 12.4 Å². The van der Waals surface area contributed by atoms with Gasteiger partial charge in [0.15, 0.2) is 5.54 Å². The maximum Gasteiger partial charge on any atom is 0.326 e. The number of hydrogen-bond acceptors (Lipinski definition) is 5. The van der Waals surface area contributed by atoms with Crippen LogP contribution in [0.3, 0.4) is 0 Å². The summed E-state index contributed by atoms with van der Waals surface area (Å²) in [6.45, 7) is 3.09. The molecule has 0 saturated carbocycles. The number of non-ortho nitro benzene ring substituents is 1. The van der Waals surface area contributed by atoms with Gasteiger partial charge < -0.3 is 10.6 Å². The molecule has 0 radical (unpaired) electrons. The standard InChI is InChI=1S/C25H21FN4O5/c1-15-8-9-18(12-16(15)2)25(17-6-4-3-5-7-17)23(32)29(24(33)28-25)14-22(31)27-21-13-19(30(34)35)10-11-20(21)26/h3-13H,14H2,1-2H3,(H,27,31)(H,28,33)/t25-/m0/s1. The third-order valence-corrected chi connectivity index (χ3v) is 5.99. The van der Waals surface area contributed by atoms with Crippen molar-refractivity contribution in [2.75, 3.05) is 11.9 Å². The zero-order valence-electron chi connectivity index (χ0n) is 18.9. The molecule has 1 saturated heterocycles. The third-order valence-electron chi connectivity index (χ3n) is 5.99. The van der Waals surface area contributed by atoms with E-state index in [0.29, 0.717) is 11.1 Å². The average molecular weight is 476 g/mol. The summed E-state index contributed by atoms with van der Waals surface area (Å²) in [7, 11) is 0. The summed E-state index contributed by atoms with van der Waals surface area (Å²) in [5.74, 6) is -2.46. The van der Waals surface area contributed by atoms with Crippen LogP contribution < -0.4 is 10.6 Å². The molecule has 10 heteroatoms. The number of amides is 4. The van der Waals surface area contributed by atoms with E-state index < -0.39 is 52.0 Å². The van der Waals surface area contributed by atoms with Crippen LogP contribution >= 0.6 is 0 Å². The number of anilines is 1. The molecule has 2 N–H and O–H groups in total. The average Bonchev–Trinajstić information content (AvgIpc) is 3.08. The van der Waals surface area contributed by atoms with Gasteiger partial charge in [-0.3, -0.25) is 24.6 Å². The van der Waals surface area contributed by atoms with E-state index in [2.05, 4.69) is 10.6 Å². The molecule has 0 spiro atoms. The van der Waals surface area contributed by atoms with Crippen molar-refractivity contribution >= 4 is 29.2 Å². The van der Waals surface area contributed by atoms with Gasteiger partial charge in [-0.15, -0.1) is 0 Å². The van der Waals surface area contributed by atoms with E-state index in [1.807, 2.05) is 26.0 Å². The van der Waals surface area contributed by atoms with Gasteiger partial charge in [-0.25, -0.2) is 9.18 Å². The van der Waals surface area contributed by atoms with Crippen LogP contribution in [-0.2, 0) is 15.1 Å². The lowest BCUT2D eigenvalue weighted by Gasteiger charge is -2.28. The van der Waals surface area contributed by atoms with Crippen LogP contribution in [0.25, 0.3) is 0 Å². The van der Waals surface area contributed by atoms with Gasteiger partial charge in [-0.1, -0.05) is 48.5 Å². The molecule has 0 unspecified atom stereocenters. The minimum Gasteiger partial charge on any atom is -0.322 e. The number of nitrogens with zero attached hydrogens (tertiary/aromatic N) is 2. The van der Waals surface area contributed by atoms with Gasteiger partial charge >= 0.3 is 6.03 Å². The molecule has 4 rings (SSSR count). The number of nitro groups is 1. The number of nitrogens with one attached hydrogen (secondary N) is 2. The van der Waals surface area contributed by atoms with Crippen molar-refractivity contribution in [3.63, 3.8) is 0 Å². The maximum atomic E-state index is 14.1. The Morgan fingerprint density at radius 3 is 2.40 bits per heavy atom. The van der Waals surface area contributed by atoms with Crippen LogP contribution in [-0.4, -0.2) is 34.2 Å². The predicted octanol–water partition coefficient (Wildman–Crippen LogP) is 3.78. The first-order valence-corrected chi connectivity index (χ1v) is 10.6. The Balaban J connectivity index is 1.67. The summed E-state index contributed by atoms with van der Waals surface area (Å²) >= 11 is 0. The maximum absolute atomic E-state index is 14.1. The van der Waals surface area contributed by atoms with E-state index in [4.69, 9.17) is 0 Å². The molecule has 1 aliphatic rings. The quantitative estimate of drug-likeness (QED) is 0.319. The lowest BCUT2D eigenvalue weighted by molar-refractivity contribution is -0.384. The summed E-state index contributed by atoms with van der Waals surface area (Å²) in [5, 5.41) is 15.9. The summed E-state index contributed by atoms with van der Waals surface area (Å²) in [6, 6.07) is 15.9. The fraction of sp³-hybridized carbons (Fsp3) is 0.160. The first kappa shape index (κ1) is 23.6. The number of aryl methyl sites for hydroxylation is 2. The molecule has 0 bridgehead atoms. The fourth-order valence-corrected chi connectivity index (χ4v) is 4.00. The van der Waals surface area contributed by atoms with E-state index in [1.54, 1.807) is 36.4 Å². The summed E-state index contributed by atoms with van der Waals surface area (Å²) in [4.78, 5) is 50.3. The van der Waals surface area contributed by atoms with E-state index >= 15 is 0 Å². The smallest absolute Gasteiger partial charge is 0.322 e. The van der Waals surface area contributed by atoms with Crippen LogP contribution in [0.4, 0.5) is 20.6 Å². The normalized spacial score (nSPS) is 17.3. The minimum atomic E-state index is -1.56. The molecule has 3 aromatic rings. The number of carbonyl (C=O) groups is 3. The molecular weight excluding hydrogens is 455 g/mol. The Bertz CT molecular complexity index is 1360. The second-order valence-electron chi connectivity index (χ2n) is 8.21. The van der Waals surface area contributed by atoms with Crippen molar-refractivity contribution in [1.29, 1.82) is 0 Å². The molecule has 3 aromatic carbocycles. The first-order chi connectivity index (χ1) is 16.6. The predicted molar refractivity (Wildman–Crippen MR) is 125 cm³/mol. The zero-order chi connectivity index (χ0) is 25.3. The highest BCUT2D eigenvalue weighted by atomic mass is 19.1. The largest absolute Gasteiger partial charge is 0.326 e. The van der Waals surface area contributed by atoms with Crippen molar-refractivity contribution in [2.45, 2.75) is 19.4 Å². The molecule has 1 fully saturated rings. The number of rotatable bonds is 6. The number of benzene rings is 3. The Morgan fingerprint density at radius 2 is 1.74 bits per heavy atom. The molecular formula is C25H21FN4O5. The van der Waals surface area contributed by atoms with Crippen molar-refractivity contribution < 1.29 is 23.7 Å². The lowest BCUT2D eigenvalue weighted by Crippen LogP contribution is -2.45. The Labute approximate surface area is 199 Å². The molecule has 9 nitrogen and oxygen atoms in total. The Morgan fingerprint density at radius 1 is 1.03 bits per heavy atom. The number of urea groups is 1. The van der Waals surface area contributed by atoms with Crippen LogP contribution in [0.2, 0.25) is 0 Å². The third kappa shape index (κ3) is 4.21. The Kier molecular flexibility index (Phi) is 6.04. The molecule has 0 aliphatic carbocycles. The number of hydrogen-bond donors (Lipinski definition) is 2. The zero-order valence-corrected chi connectivity index (χ0v) is 18.9. The molecule has 1 aliphatic heterocycles. The van der Waals surface area contributed by atoms with Crippen LogP contribution in [0.5, 0.6) is 0 Å². The highest BCUT2D eigenvalue weighted by Crippen LogP contribution is 2.37. The summed E-state index contributed by atoms with van der Waals surface area (Å²) < 4.78 is 14.1. The lowest BCUT2D eigenvalue weighted by atomic mass is 9.81. The molecule has 0 aromatic heterocycles. The van der Waals surface area contributed by atoms with Gasteiger partial charge in [-0.2, -0.15) is 0 Å². The van der Waals surface area contributed by atoms with Gasteiger partial charge in [0.25, 0.3) is 11.6 Å². The van der Waals surface area contributed by atoms with Crippen LogP contribution in [0.15, 0.2) is 66.7 Å². The van der Waals surface area contributed by atoms with Crippen LogP contribution in [0, 0.1) is 29.8 Å². The summed E-state index contributed by atoms with van der Waals surface area (Å²) in [5.41, 5.74) is 0.538. The number of imide groups is 1. The van der Waals surface area contributed by atoms with Crippen molar-refractivity contribution in [3.8, 4) is 0 Å². The van der Waals surface area contributed by atoms with Crippen LogP contribution in [0.1, 0.15) is 22.3 Å². The van der Waals surface area contributed by atoms with E-state index in [0.717, 1.165) is 34.2 Å². The molecule has 35 heavy (non-hydrogen) atoms. The number of nitro benzene ring substituents is 1. The Hall–Kier alpha value is -4.60. The minimum absolute atomic E-state index is 0.422. The molecule has 1 heterocycles. The second-order valence-corrected chi connectivity index (χ2v) is 8.21. The molecule has 1 atom stereocenters. The highest BCUT2D eigenvalue weighted by molar-refractivity contribution is 6.12. The molecule has 4 amide bonds. The second kappa shape index (κ2) is 8.98. The van der Waals surface area contributed by atoms with Gasteiger partial charge in [-0.05, 0) is 42.2 Å². The van der Waals surface area contributed by atoms with Crippen molar-refractivity contribution in [3.05, 3.63) is 105 Å². The number of halogens is 1. The SMILES string of the molecule is Cc1ccc([C@]2(c3ccccc3)NC(=O)N(CC(=O)Nc3cc([N+](=O)[O-])ccc3F)C2=O)cc1C.